The van der Waals surface area contributed by atoms with Crippen molar-refractivity contribution >= 4 is 11.8 Å². The molecule has 0 spiro atoms. The molecule has 0 aromatic heterocycles. The lowest BCUT2D eigenvalue weighted by molar-refractivity contribution is 0.265. The molecule has 2 saturated carbocycles. The van der Waals surface area contributed by atoms with Crippen LogP contribution in [0.1, 0.15) is 31.2 Å². The van der Waals surface area contributed by atoms with E-state index in [1.165, 1.54) is 36.1 Å². The molecule has 4 atom stereocenters. The molecule has 2 aliphatic rings. The van der Waals surface area contributed by atoms with Crippen LogP contribution in [0.5, 0.6) is 0 Å². The molecule has 104 valence electrons. The van der Waals surface area contributed by atoms with E-state index in [1.54, 1.807) is 0 Å². The summed E-state index contributed by atoms with van der Waals surface area (Å²) in [6.07, 6.45) is 5.75. The molecule has 3 N–H and O–H groups in total. The smallest absolute Gasteiger partial charge is 0.0335 e. The molecule has 2 nitrogen and oxygen atoms in total. The summed E-state index contributed by atoms with van der Waals surface area (Å²) in [4.78, 5) is 1.36. The summed E-state index contributed by atoms with van der Waals surface area (Å²) in [6, 6.07) is 9.28. The number of hydrazine groups is 1. The van der Waals surface area contributed by atoms with Gasteiger partial charge in [0.15, 0.2) is 0 Å². The number of nitrogens with two attached hydrogens (primary N) is 1. The monoisotopic (exact) mass is 276 g/mol. The van der Waals surface area contributed by atoms with Gasteiger partial charge in [0, 0.05) is 16.7 Å². The van der Waals surface area contributed by atoms with Gasteiger partial charge in [-0.2, -0.15) is 0 Å². The molecule has 0 amide bonds. The first-order chi connectivity index (χ1) is 9.26. The number of aryl methyl sites for hydroxylation is 1. The number of fused-ring (bicyclic) bond motifs is 2. The Bertz CT molecular complexity index is 417. The lowest BCUT2D eigenvalue weighted by Gasteiger charge is -2.29. The average Bonchev–Trinajstić information content (AvgIpc) is 3.04. The van der Waals surface area contributed by atoms with E-state index in [1.807, 2.05) is 11.8 Å². The van der Waals surface area contributed by atoms with Crippen LogP contribution in [-0.2, 0) is 0 Å². The van der Waals surface area contributed by atoms with E-state index < -0.39 is 0 Å². The Kier molecular flexibility index (Phi) is 4.15. The summed E-state index contributed by atoms with van der Waals surface area (Å²) in [5.74, 6) is 9.64. The fourth-order valence-electron chi connectivity index (χ4n) is 3.90. The third-order valence-electron chi connectivity index (χ3n) is 4.97. The van der Waals surface area contributed by atoms with Gasteiger partial charge in [-0.3, -0.25) is 11.3 Å². The van der Waals surface area contributed by atoms with Crippen LogP contribution in [0.3, 0.4) is 0 Å². The second-order valence-corrected chi connectivity index (χ2v) is 7.33. The molecule has 0 saturated heterocycles. The summed E-state index contributed by atoms with van der Waals surface area (Å²) in [6.45, 7) is 2.13. The molecule has 19 heavy (non-hydrogen) atoms. The molecule has 2 bridgehead atoms. The van der Waals surface area contributed by atoms with Crippen molar-refractivity contribution in [3.8, 4) is 0 Å². The Morgan fingerprint density at radius 3 is 2.63 bits per heavy atom. The first-order valence-electron chi connectivity index (χ1n) is 7.42. The van der Waals surface area contributed by atoms with Crippen molar-refractivity contribution in [2.75, 3.05) is 5.75 Å². The van der Waals surface area contributed by atoms with Crippen LogP contribution < -0.4 is 11.3 Å². The maximum Gasteiger partial charge on any atom is 0.0335 e. The van der Waals surface area contributed by atoms with Crippen LogP contribution in [0.15, 0.2) is 29.2 Å². The second-order valence-electron chi connectivity index (χ2n) is 6.24. The largest absolute Gasteiger partial charge is 0.271 e. The van der Waals surface area contributed by atoms with Crippen molar-refractivity contribution in [2.24, 2.45) is 23.6 Å². The Balaban J connectivity index is 1.56. The van der Waals surface area contributed by atoms with Gasteiger partial charge in [0.1, 0.15) is 0 Å². The van der Waals surface area contributed by atoms with Crippen molar-refractivity contribution in [1.29, 1.82) is 0 Å². The molecule has 2 aliphatic carbocycles. The minimum Gasteiger partial charge on any atom is -0.271 e. The van der Waals surface area contributed by atoms with Crippen molar-refractivity contribution in [3.63, 3.8) is 0 Å². The summed E-state index contributed by atoms with van der Waals surface area (Å²) >= 11 is 1.93. The quantitative estimate of drug-likeness (QED) is 0.492. The van der Waals surface area contributed by atoms with Gasteiger partial charge in [-0.25, -0.2) is 0 Å². The molecule has 1 aromatic carbocycles. The molecule has 0 aliphatic heterocycles. The predicted octanol–water partition coefficient (Wildman–Crippen LogP) is 3.36. The molecule has 3 heteroatoms. The van der Waals surface area contributed by atoms with Crippen LogP contribution >= 0.6 is 11.8 Å². The van der Waals surface area contributed by atoms with E-state index >= 15 is 0 Å². The van der Waals surface area contributed by atoms with Gasteiger partial charge >= 0.3 is 0 Å². The van der Waals surface area contributed by atoms with Gasteiger partial charge in [-0.15, -0.1) is 11.8 Å². The normalized spacial score (nSPS) is 30.7. The Morgan fingerprint density at radius 1 is 1.26 bits per heavy atom. The van der Waals surface area contributed by atoms with Crippen molar-refractivity contribution < 1.29 is 0 Å². The maximum absolute atomic E-state index is 5.81. The lowest BCUT2D eigenvalue weighted by Crippen LogP contribution is -2.44. The summed E-state index contributed by atoms with van der Waals surface area (Å²) in [7, 11) is 0. The third-order valence-corrected chi connectivity index (χ3v) is 6.11. The number of hydrogen-bond acceptors (Lipinski definition) is 3. The van der Waals surface area contributed by atoms with Gasteiger partial charge in [-0.1, -0.05) is 24.1 Å². The van der Waals surface area contributed by atoms with Gasteiger partial charge in [0.2, 0.25) is 0 Å². The molecule has 1 aromatic rings. The van der Waals surface area contributed by atoms with E-state index in [9.17, 15) is 0 Å². The topological polar surface area (TPSA) is 38.0 Å². The van der Waals surface area contributed by atoms with Gasteiger partial charge in [0.25, 0.3) is 0 Å². The Morgan fingerprint density at radius 2 is 2.05 bits per heavy atom. The molecule has 0 radical (unpaired) electrons. The first kappa shape index (κ1) is 13.5. The van der Waals surface area contributed by atoms with Crippen LogP contribution in [0, 0.1) is 24.7 Å². The van der Waals surface area contributed by atoms with E-state index in [0.29, 0.717) is 6.04 Å². The number of hydrogen-bond donors (Lipinski definition) is 2. The molecule has 2 fully saturated rings. The highest BCUT2D eigenvalue weighted by atomic mass is 32.2. The summed E-state index contributed by atoms with van der Waals surface area (Å²) in [5, 5.41) is 0. The zero-order valence-electron chi connectivity index (χ0n) is 11.6. The summed E-state index contributed by atoms with van der Waals surface area (Å²) in [5.41, 5.74) is 4.41. The van der Waals surface area contributed by atoms with E-state index in [-0.39, 0.29) is 0 Å². The van der Waals surface area contributed by atoms with Crippen molar-refractivity contribution in [3.05, 3.63) is 29.8 Å². The average molecular weight is 276 g/mol. The van der Waals surface area contributed by atoms with Crippen LogP contribution in [0.4, 0.5) is 0 Å². The highest BCUT2D eigenvalue weighted by Crippen LogP contribution is 2.49. The van der Waals surface area contributed by atoms with Gasteiger partial charge in [-0.05, 0) is 56.1 Å². The standard InChI is InChI=1S/C16H24N2S/c1-11-2-6-14(7-3-11)19-10-16(18-17)15-9-12-4-5-13(15)8-12/h2-3,6-7,12-13,15-16,18H,4-5,8-10,17H2,1H3. The number of benzene rings is 1. The number of nitrogens with one attached hydrogen (secondary N) is 1. The lowest BCUT2D eigenvalue weighted by atomic mass is 9.84. The fourth-order valence-corrected chi connectivity index (χ4v) is 4.95. The second kappa shape index (κ2) is 5.86. The van der Waals surface area contributed by atoms with E-state index in [4.69, 9.17) is 5.84 Å². The van der Waals surface area contributed by atoms with Crippen LogP contribution in [-0.4, -0.2) is 11.8 Å². The first-order valence-corrected chi connectivity index (χ1v) is 8.40. The molecule has 0 heterocycles. The zero-order valence-corrected chi connectivity index (χ0v) is 12.5. The maximum atomic E-state index is 5.81. The number of thioether (sulfide) groups is 1. The van der Waals surface area contributed by atoms with E-state index in [2.05, 4.69) is 36.6 Å². The van der Waals surface area contributed by atoms with Crippen molar-refractivity contribution in [2.45, 2.75) is 43.5 Å². The highest BCUT2D eigenvalue weighted by Gasteiger charge is 2.42. The Hall–Kier alpha value is -0.510. The summed E-state index contributed by atoms with van der Waals surface area (Å²) < 4.78 is 0. The van der Waals surface area contributed by atoms with Gasteiger partial charge < -0.3 is 0 Å². The molecular weight excluding hydrogens is 252 g/mol. The fraction of sp³-hybridized carbons (Fsp3) is 0.625. The van der Waals surface area contributed by atoms with Crippen LogP contribution in [0.2, 0.25) is 0 Å². The van der Waals surface area contributed by atoms with Gasteiger partial charge in [0.05, 0.1) is 0 Å². The minimum atomic E-state index is 0.474. The van der Waals surface area contributed by atoms with E-state index in [0.717, 1.165) is 23.5 Å². The minimum absolute atomic E-state index is 0.474. The molecule has 4 unspecified atom stereocenters. The SMILES string of the molecule is Cc1ccc(SCC(NN)C2CC3CCC2C3)cc1. The Labute approximate surface area is 120 Å². The predicted molar refractivity (Wildman–Crippen MR) is 82.0 cm³/mol. The molecule has 3 rings (SSSR count). The van der Waals surface area contributed by atoms with Crippen molar-refractivity contribution in [1.82, 2.24) is 5.43 Å². The molecular formula is C16H24N2S. The third kappa shape index (κ3) is 2.99. The zero-order chi connectivity index (χ0) is 13.2. The van der Waals surface area contributed by atoms with Crippen LogP contribution in [0.25, 0.3) is 0 Å². The highest BCUT2D eigenvalue weighted by molar-refractivity contribution is 7.99. The number of rotatable bonds is 5.